The van der Waals surface area contributed by atoms with E-state index >= 15 is 0 Å². The molecule has 0 bridgehead atoms. The maximum absolute atomic E-state index is 4.85. The molecular weight excluding hydrogens is 222 g/mol. The van der Waals surface area contributed by atoms with Gasteiger partial charge in [0, 0.05) is 18.3 Å². The van der Waals surface area contributed by atoms with Crippen molar-refractivity contribution in [1.82, 2.24) is 14.4 Å². The van der Waals surface area contributed by atoms with E-state index in [0.29, 0.717) is 17.8 Å². The molecule has 0 unspecified atom stereocenters. The van der Waals surface area contributed by atoms with E-state index in [-0.39, 0.29) is 0 Å². The maximum Gasteiger partial charge on any atom is 0.116 e. The summed E-state index contributed by atoms with van der Waals surface area (Å²) in [6.07, 6.45) is 3.93. The van der Waals surface area contributed by atoms with Crippen LogP contribution in [0.3, 0.4) is 0 Å². The Morgan fingerprint density at radius 1 is 0.889 bits per heavy atom. The third-order valence-electron chi connectivity index (χ3n) is 3.25. The minimum Gasteiger partial charge on any atom is -0.300 e. The number of nitrogens with zero attached hydrogens (tertiary/aromatic N) is 3. The highest BCUT2D eigenvalue weighted by molar-refractivity contribution is 5.60. The summed E-state index contributed by atoms with van der Waals surface area (Å²) in [6.45, 7) is 13.2. The SMILES string of the molecule is CC(C)c1nccn2c(C(C)C)nc(C(C)C)c12. The summed E-state index contributed by atoms with van der Waals surface area (Å²) in [6, 6.07) is 0. The summed E-state index contributed by atoms with van der Waals surface area (Å²) in [4.78, 5) is 9.42. The molecule has 0 fully saturated rings. The molecule has 2 heterocycles. The monoisotopic (exact) mass is 245 g/mol. The zero-order chi connectivity index (χ0) is 13.4. The van der Waals surface area contributed by atoms with Crippen molar-refractivity contribution >= 4 is 5.52 Å². The van der Waals surface area contributed by atoms with Crippen LogP contribution >= 0.6 is 0 Å². The zero-order valence-electron chi connectivity index (χ0n) is 12.2. The van der Waals surface area contributed by atoms with E-state index in [0.717, 1.165) is 11.5 Å². The first kappa shape index (κ1) is 13.1. The molecule has 3 nitrogen and oxygen atoms in total. The van der Waals surface area contributed by atoms with E-state index in [1.54, 1.807) is 0 Å². The van der Waals surface area contributed by atoms with Crippen LogP contribution < -0.4 is 0 Å². The highest BCUT2D eigenvalue weighted by Gasteiger charge is 2.20. The number of hydrogen-bond donors (Lipinski definition) is 0. The first-order chi connectivity index (χ1) is 8.43. The predicted octanol–water partition coefficient (Wildman–Crippen LogP) is 4.10. The Hall–Kier alpha value is -1.38. The molecular formula is C15H23N3. The second-order valence-electron chi connectivity index (χ2n) is 5.85. The van der Waals surface area contributed by atoms with Crippen LogP contribution in [0.25, 0.3) is 5.52 Å². The van der Waals surface area contributed by atoms with Gasteiger partial charge in [0.1, 0.15) is 5.82 Å². The zero-order valence-corrected chi connectivity index (χ0v) is 12.2. The molecule has 0 atom stereocenters. The highest BCUT2D eigenvalue weighted by Crippen LogP contribution is 2.29. The van der Waals surface area contributed by atoms with E-state index in [1.807, 2.05) is 12.4 Å². The van der Waals surface area contributed by atoms with Gasteiger partial charge in [0.2, 0.25) is 0 Å². The molecule has 0 aliphatic heterocycles. The van der Waals surface area contributed by atoms with Gasteiger partial charge in [0.05, 0.1) is 16.9 Å². The van der Waals surface area contributed by atoms with Crippen LogP contribution in [0.2, 0.25) is 0 Å². The Kier molecular flexibility index (Phi) is 3.42. The van der Waals surface area contributed by atoms with Crippen molar-refractivity contribution in [1.29, 1.82) is 0 Å². The number of rotatable bonds is 3. The quantitative estimate of drug-likeness (QED) is 0.815. The van der Waals surface area contributed by atoms with Gasteiger partial charge in [-0.1, -0.05) is 41.5 Å². The van der Waals surface area contributed by atoms with Crippen molar-refractivity contribution in [2.24, 2.45) is 0 Å². The first-order valence-corrected chi connectivity index (χ1v) is 6.80. The Morgan fingerprint density at radius 2 is 1.50 bits per heavy atom. The lowest BCUT2D eigenvalue weighted by Crippen LogP contribution is -2.01. The second kappa shape index (κ2) is 4.71. The third-order valence-corrected chi connectivity index (χ3v) is 3.25. The van der Waals surface area contributed by atoms with Crippen molar-refractivity contribution in [3.63, 3.8) is 0 Å². The Balaban J connectivity index is 2.83. The van der Waals surface area contributed by atoms with Crippen molar-refractivity contribution in [2.45, 2.75) is 59.3 Å². The van der Waals surface area contributed by atoms with Crippen LogP contribution in [0.15, 0.2) is 12.4 Å². The minimum absolute atomic E-state index is 0.419. The van der Waals surface area contributed by atoms with E-state index in [1.165, 1.54) is 11.2 Å². The van der Waals surface area contributed by atoms with E-state index in [4.69, 9.17) is 4.98 Å². The van der Waals surface area contributed by atoms with Crippen LogP contribution in [-0.4, -0.2) is 14.4 Å². The molecule has 0 spiro atoms. The van der Waals surface area contributed by atoms with Gasteiger partial charge in [-0.05, 0) is 11.8 Å². The number of imidazole rings is 1. The van der Waals surface area contributed by atoms with Gasteiger partial charge >= 0.3 is 0 Å². The molecule has 2 aromatic heterocycles. The number of fused-ring (bicyclic) bond motifs is 1. The minimum atomic E-state index is 0.419. The molecule has 0 radical (unpaired) electrons. The summed E-state index contributed by atoms with van der Waals surface area (Å²) in [5.41, 5.74) is 3.54. The molecule has 0 amide bonds. The predicted molar refractivity (Wildman–Crippen MR) is 75.3 cm³/mol. The summed E-state index contributed by atoms with van der Waals surface area (Å²) in [5.74, 6) is 2.41. The van der Waals surface area contributed by atoms with E-state index in [9.17, 15) is 0 Å². The molecule has 2 rings (SSSR count). The molecule has 0 N–H and O–H groups in total. The summed E-state index contributed by atoms with van der Waals surface area (Å²) in [5, 5.41) is 0. The summed E-state index contributed by atoms with van der Waals surface area (Å²) >= 11 is 0. The molecule has 18 heavy (non-hydrogen) atoms. The van der Waals surface area contributed by atoms with Crippen molar-refractivity contribution in [2.75, 3.05) is 0 Å². The van der Waals surface area contributed by atoms with Gasteiger partial charge in [0.15, 0.2) is 0 Å². The number of aromatic nitrogens is 3. The van der Waals surface area contributed by atoms with Crippen LogP contribution in [0.1, 0.15) is 76.5 Å². The van der Waals surface area contributed by atoms with Crippen LogP contribution in [0.5, 0.6) is 0 Å². The molecule has 2 aromatic rings. The molecule has 0 aliphatic carbocycles. The largest absolute Gasteiger partial charge is 0.300 e. The topological polar surface area (TPSA) is 30.2 Å². The highest BCUT2D eigenvalue weighted by atomic mass is 15.1. The average Bonchev–Trinajstić information content (AvgIpc) is 2.67. The lowest BCUT2D eigenvalue weighted by molar-refractivity contribution is 0.751. The van der Waals surface area contributed by atoms with E-state index < -0.39 is 0 Å². The van der Waals surface area contributed by atoms with Gasteiger partial charge in [-0.25, -0.2) is 4.98 Å². The fourth-order valence-corrected chi connectivity index (χ4v) is 2.35. The summed E-state index contributed by atoms with van der Waals surface area (Å²) in [7, 11) is 0. The Labute approximate surface area is 109 Å². The summed E-state index contributed by atoms with van der Waals surface area (Å²) < 4.78 is 2.22. The average molecular weight is 245 g/mol. The van der Waals surface area contributed by atoms with Gasteiger partial charge in [-0.15, -0.1) is 0 Å². The molecule has 0 saturated carbocycles. The lowest BCUT2D eigenvalue weighted by Gasteiger charge is -2.10. The lowest BCUT2D eigenvalue weighted by atomic mass is 10.0. The van der Waals surface area contributed by atoms with Gasteiger partial charge < -0.3 is 0 Å². The molecule has 98 valence electrons. The van der Waals surface area contributed by atoms with Crippen LogP contribution in [0, 0.1) is 0 Å². The Morgan fingerprint density at radius 3 is 2.00 bits per heavy atom. The molecule has 0 saturated heterocycles. The smallest absolute Gasteiger partial charge is 0.116 e. The first-order valence-electron chi connectivity index (χ1n) is 6.80. The van der Waals surface area contributed by atoms with Gasteiger partial charge in [-0.2, -0.15) is 0 Å². The van der Waals surface area contributed by atoms with Crippen LogP contribution in [-0.2, 0) is 0 Å². The van der Waals surface area contributed by atoms with Gasteiger partial charge in [-0.3, -0.25) is 9.38 Å². The molecule has 3 heteroatoms. The van der Waals surface area contributed by atoms with Crippen LogP contribution in [0.4, 0.5) is 0 Å². The standard InChI is InChI=1S/C15H23N3/c1-9(2)12-14-13(10(3)4)17-15(11(5)6)18(14)8-7-16-12/h7-11H,1-6H3. The second-order valence-corrected chi connectivity index (χ2v) is 5.85. The van der Waals surface area contributed by atoms with Crippen molar-refractivity contribution in [3.05, 3.63) is 29.6 Å². The third kappa shape index (κ3) is 2.02. The Bertz CT molecular complexity index is 550. The fourth-order valence-electron chi connectivity index (χ4n) is 2.35. The molecule has 0 aliphatic rings. The van der Waals surface area contributed by atoms with Crippen molar-refractivity contribution in [3.8, 4) is 0 Å². The molecule has 0 aromatic carbocycles. The number of hydrogen-bond acceptors (Lipinski definition) is 2. The van der Waals surface area contributed by atoms with Crippen molar-refractivity contribution < 1.29 is 0 Å². The fraction of sp³-hybridized carbons (Fsp3) is 0.600. The van der Waals surface area contributed by atoms with E-state index in [2.05, 4.69) is 50.9 Å². The maximum atomic E-state index is 4.85. The van der Waals surface area contributed by atoms with Gasteiger partial charge in [0.25, 0.3) is 0 Å². The normalized spacial score (nSPS) is 12.3.